The first-order valence-electron chi connectivity index (χ1n) is 6.19. The molecule has 0 saturated carbocycles. The van der Waals surface area contributed by atoms with Gasteiger partial charge in [-0.2, -0.15) is 0 Å². The maximum atomic E-state index is 13.6. The minimum Gasteiger partial charge on any atom is -0.294 e. The summed E-state index contributed by atoms with van der Waals surface area (Å²) in [6.45, 7) is 0. The molecule has 0 aromatic heterocycles. The smallest absolute Gasteiger partial charge is 0.166 e. The Morgan fingerprint density at radius 2 is 1.79 bits per heavy atom. The van der Waals surface area contributed by atoms with Crippen LogP contribution in [0.5, 0.6) is 0 Å². The number of benzene rings is 2. The van der Waals surface area contributed by atoms with E-state index in [-0.39, 0.29) is 11.3 Å². The first-order chi connectivity index (χ1) is 9.18. The Morgan fingerprint density at radius 3 is 2.47 bits per heavy atom. The van der Waals surface area contributed by atoms with Gasteiger partial charge >= 0.3 is 0 Å². The van der Waals surface area contributed by atoms with Gasteiger partial charge in [-0.25, -0.2) is 4.39 Å². The highest BCUT2D eigenvalue weighted by Crippen LogP contribution is 2.22. The van der Waals surface area contributed by atoms with E-state index in [1.807, 2.05) is 30.3 Å². The SMILES string of the molecule is O=C(CCCc1ccccc1)c1c(F)cccc1Br. The van der Waals surface area contributed by atoms with Gasteiger partial charge < -0.3 is 0 Å². The number of aryl methyl sites for hydroxylation is 1. The summed E-state index contributed by atoms with van der Waals surface area (Å²) in [4.78, 5) is 12.0. The molecule has 0 fully saturated rings. The summed E-state index contributed by atoms with van der Waals surface area (Å²) in [5.74, 6) is -0.611. The lowest BCUT2D eigenvalue weighted by Crippen LogP contribution is -2.04. The summed E-state index contributed by atoms with van der Waals surface area (Å²) >= 11 is 3.22. The van der Waals surface area contributed by atoms with Crippen LogP contribution in [0.2, 0.25) is 0 Å². The van der Waals surface area contributed by atoms with Gasteiger partial charge in [0.05, 0.1) is 5.56 Å². The molecule has 0 radical (unpaired) electrons. The molecule has 3 heteroatoms. The van der Waals surface area contributed by atoms with Crippen molar-refractivity contribution in [2.75, 3.05) is 0 Å². The van der Waals surface area contributed by atoms with E-state index in [4.69, 9.17) is 0 Å². The van der Waals surface area contributed by atoms with Crippen LogP contribution < -0.4 is 0 Å². The fraction of sp³-hybridized carbons (Fsp3) is 0.188. The third-order valence-corrected chi connectivity index (χ3v) is 3.61. The molecule has 0 N–H and O–H groups in total. The largest absolute Gasteiger partial charge is 0.294 e. The molecular formula is C16H14BrFO. The van der Waals surface area contributed by atoms with Gasteiger partial charge in [-0.15, -0.1) is 0 Å². The molecule has 2 aromatic carbocycles. The summed E-state index contributed by atoms with van der Waals surface area (Å²) in [6.07, 6.45) is 1.91. The average molecular weight is 321 g/mol. The van der Waals surface area contributed by atoms with E-state index in [0.717, 1.165) is 12.8 Å². The second-order valence-corrected chi connectivity index (χ2v) is 5.21. The van der Waals surface area contributed by atoms with Crippen molar-refractivity contribution in [1.29, 1.82) is 0 Å². The number of Topliss-reactive ketones (excluding diaryl/α,β-unsaturated/α-hetero) is 1. The van der Waals surface area contributed by atoms with Gasteiger partial charge in [0.15, 0.2) is 5.78 Å². The molecule has 2 rings (SSSR count). The lowest BCUT2D eigenvalue weighted by atomic mass is 10.0. The third kappa shape index (κ3) is 3.74. The van der Waals surface area contributed by atoms with Crippen LogP contribution in [0.25, 0.3) is 0 Å². The van der Waals surface area contributed by atoms with Crippen LogP contribution in [0, 0.1) is 5.82 Å². The minimum absolute atomic E-state index is 0.152. The average Bonchev–Trinajstić information content (AvgIpc) is 2.40. The van der Waals surface area contributed by atoms with Crippen LogP contribution in [0.3, 0.4) is 0 Å². The standard InChI is InChI=1S/C16H14BrFO/c17-13-9-5-10-14(18)16(13)15(19)11-4-8-12-6-2-1-3-7-12/h1-3,5-7,9-10H,4,8,11H2. The number of ketones is 1. The summed E-state index contributed by atoms with van der Waals surface area (Å²) in [5.41, 5.74) is 1.36. The predicted octanol–water partition coefficient (Wildman–Crippen LogP) is 4.79. The Morgan fingerprint density at radius 1 is 1.05 bits per heavy atom. The van der Waals surface area contributed by atoms with Gasteiger partial charge in [-0.1, -0.05) is 36.4 Å². The number of carbonyl (C=O) groups excluding carboxylic acids is 1. The monoisotopic (exact) mass is 320 g/mol. The topological polar surface area (TPSA) is 17.1 Å². The van der Waals surface area contributed by atoms with Gasteiger partial charge in [0, 0.05) is 10.9 Å². The zero-order valence-corrected chi connectivity index (χ0v) is 12.0. The molecule has 0 amide bonds. The normalized spacial score (nSPS) is 10.4. The van der Waals surface area contributed by atoms with Crippen molar-refractivity contribution in [2.45, 2.75) is 19.3 Å². The van der Waals surface area contributed by atoms with Crippen molar-refractivity contribution in [2.24, 2.45) is 0 Å². The summed E-state index contributed by atoms with van der Waals surface area (Å²) in [5, 5.41) is 0. The molecule has 0 aliphatic heterocycles. The van der Waals surface area contributed by atoms with Crippen LogP contribution in [0.1, 0.15) is 28.8 Å². The van der Waals surface area contributed by atoms with Crippen LogP contribution >= 0.6 is 15.9 Å². The van der Waals surface area contributed by atoms with Crippen LogP contribution in [0.4, 0.5) is 4.39 Å². The highest BCUT2D eigenvalue weighted by atomic mass is 79.9. The third-order valence-electron chi connectivity index (χ3n) is 2.95. The van der Waals surface area contributed by atoms with E-state index in [1.165, 1.54) is 11.6 Å². The lowest BCUT2D eigenvalue weighted by molar-refractivity contribution is 0.0975. The molecule has 0 saturated heterocycles. The van der Waals surface area contributed by atoms with Gasteiger partial charge in [-0.05, 0) is 46.5 Å². The second kappa shape index (κ2) is 6.62. The Bertz CT molecular complexity index is 546. The van der Waals surface area contributed by atoms with E-state index in [2.05, 4.69) is 15.9 Å². The van der Waals surface area contributed by atoms with Gasteiger partial charge in [0.25, 0.3) is 0 Å². The molecule has 19 heavy (non-hydrogen) atoms. The highest BCUT2D eigenvalue weighted by Gasteiger charge is 2.14. The van der Waals surface area contributed by atoms with Crippen molar-refractivity contribution < 1.29 is 9.18 Å². The first-order valence-corrected chi connectivity index (χ1v) is 6.99. The molecule has 0 unspecified atom stereocenters. The van der Waals surface area contributed by atoms with Crippen LogP contribution in [0.15, 0.2) is 53.0 Å². The van der Waals surface area contributed by atoms with Gasteiger partial charge in [-0.3, -0.25) is 4.79 Å². The van der Waals surface area contributed by atoms with Crippen molar-refractivity contribution in [1.82, 2.24) is 0 Å². The molecule has 0 bridgehead atoms. The van der Waals surface area contributed by atoms with E-state index in [0.29, 0.717) is 10.9 Å². The van der Waals surface area contributed by atoms with Gasteiger partial charge in [0.2, 0.25) is 0 Å². The molecule has 0 aliphatic carbocycles. The quantitative estimate of drug-likeness (QED) is 0.723. The zero-order valence-electron chi connectivity index (χ0n) is 10.4. The molecule has 0 aliphatic rings. The van der Waals surface area contributed by atoms with Crippen LogP contribution in [-0.2, 0) is 6.42 Å². The van der Waals surface area contributed by atoms with Gasteiger partial charge in [0.1, 0.15) is 5.82 Å². The number of halogens is 2. The summed E-state index contributed by atoms with van der Waals surface area (Å²) < 4.78 is 14.1. The fourth-order valence-corrected chi connectivity index (χ4v) is 2.55. The van der Waals surface area contributed by atoms with Crippen molar-refractivity contribution in [3.63, 3.8) is 0 Å². The van der Waals surface area contributed by atoms with E-state index >= 15 is 0 Å². The van der Waals surface area contributed by atoms with Crippen molar-refractivity contribution in [3.05, 3.63) is 69.9 Å². The van der Waals surface area contributed by atoms with E-state index in [1.54, 1.807) is 12.1 Å². The molecule has 0 spiro atoms. The summed E-state index contributed by atoms with van der Waals surface area (Å²) in [6, 6.07) is 14.6. The Balaban J connectivity index is 1.95. The Hall–Kier alpha value is -1.48. The number of hydrogen-bond acceptors (Lipinski definition) is 1. The lowest BCUT2D eigenvalue weighted by Gasteiger charge is -2.05. The van der Waals surface area contributed by atoms with E-state index in [9.17, 15) is 9.18 Å². The predicted molar refractivity (Wildman–Crippen MR) is 77.8 cm³/mol. The Kier molecular flexibility index (Phi) is 4.86. The minimum atomic E-state index is -0.459. The molecule has 1 nitrogen and oxygen atoms in total. The van der Waals surface area contributed by atoms with E-state index < -0.39 is 5.82 Å². The van der Waals surface area contributed by atoms with Crippen molar-refractivity contribution in [3.8, 4) is 0 Å². The molecule has 0 heterocycles. The molecule has 0 atom stereocenters. The molecule has 2 aromatic rings. The molecular weight excluding hydrogens is 307 g/mol. The zero-order chi connectivity index (χ0) is 13.7. The van der Waals surface area contributed by atoms with Crippen molar-refractivity contribution >= 4 is 21.7 Å². The first kappa shape index (κ1) is 13.9. The fourth-order valence-electron chi connectivity index (χ4n) is 1.99. The second-order valence-electron chi connectivity index (χ2n) is 4.36. The maximum absolute atomic E-state index is 13.6. The number of rotatable bonds is 5. The summed E-state index contributed by atoms with van der Waals surface area (Å²) in [7, 11) is 0. The Labute approximate surface area is 120 Å². The van der Waals surface area contributed by atoms with Crippen LogP contribution in [-0.4, -0.2) is 5.78 Å². The number of hydrogen-bond donors (Lipinski definition) is 0. The number of carbonyl (C=O) groups is 1. The molecule has 98 valence electrons. The maximum Gasteiger partial charge on any atom is 0.166 e. The highest BCUT2D eigenvalue weighted by molar-refractivity contribution is 9.10.